The Kier molecular flexibility index (Phi) is 10.1. The fraction of sp³-hybridized carbons (Fsp3) is 1.00. The van der Waals surface area contributed by atoms with Crippen LogP contribution in [0.4, 0.5) is 0 Å². The van der Waals surface area contributed by atoms with Crippen LogP contribution in [-0.2, 0) is 12.3 Å². The molecule has 0 aromatic rings. The Hall–Kier alpha value is 1.83. The van der Waals surface area contributed by atoms with Gasteiger partial charge in [-0.05, 0) is 54.4 Å². The lowest BCUT2D eigenvalue weighted by molar-refractivity contribution is 0.491. The van der Waals surface area contributed by atoms with Crippen molar-refractivity contribution in [3.05, 3.63) is 0 Å². The minimum Gasteiger partial charge on any atom is -0.460 e. The van der Waals surface area contributed by atoms with Crippen molar-refractivity contribution >= 4 is 68.3 Å². The van der Waals surface area contributed by atoms with Crippen molar-refractivity contribution in [2.24, 2.45) is 0 Å². The fourth-order valence-corrected chi connectivity index (χ4v) is 270. The topological polar surface area (TPSA) is 27.7 Å². The third-order valence-electron chi connectivity index (χ3n) is 14.0. The maximum absolute atomic E-state index is 8.11. The van der Waals surface area contributed by atoms with E-state index in [4.69, 9.17) is 12.3 Å². The minimum absolute atomic E-state index is 0.207. The van der Waals surface area contributed by atoms with Gasteiger partial charge in [0.15, 0.2) is 47.0 Å². The first-order valence-corrected chi connectivity index (χ1v) is 46.4. The van der Waals surface area contributed by atoms with Crippen LogP contribution in [0.1, 0.15) is 62.3 Å². The van der Waals surface area contributed by atoms with Crippen molar-refractivity contribution in [1.82, 2.24) is 0 Å². The molecule has 0 atom stereocenters. The third kappa shape index (κ3) is 5.61. The van der Waals surface area contributed by atoms with E-state index in [2.05, 4.69) is 161 Å². The van der Waals surface area contributed by atoms with E-state index in [-0.39, 0.29) is 15.1 Å². The molecule has 0 bridgehead atoms. The van der Waals surface area contributed by atoms with Crippen molar-refractivity contribution < 1.29 is 12.3 Å². The van der Waals surface area contributed by atoms with Crippen molar-refractivity contribution in [2.45, 2.75) is 176 Å². The van der Waals surface area contributed by atoms with Gasteiger partial charge in [-0.2, -0.15) is 0 Å². The molecule has 0 unspecified atom stereocenters. The van der Waals surface area contributed by atoms with Gasteiger partial charge >= 0.3 is 0 Å². The zero-order valence-electron chi connectivity index (χ0n) is 31.2. The summed E-state index contributed by atoms with van der Waals surface area (Å²) in [7, 11) is -18.6. The van der Waals surface area contributed by atoms with Crippen molar-refractivity contribution in [3.8, 4) is 0 Å². The highest BCUT2D eigenvalue weighted by Crippen LogP contribution is 2.57. The SMILES string of the molecule is CC(C)(C)[Si](C)(C)O[Si]1(C)[Si](C)(C)[Si](C)(O[Si](C)(C)C(C)(C)C)[Si](C)(C)[Si](C)(O[Si](C)(C)C(C)(C)C)[Si]1(C)C. The molecule has 0 aromatic heterocycles. The molecule has 1 heterocycles. The lowest BCUT2D eigenvalue weighted by Crippen LogP contribution is -3.05. The smallest absolute Gasteiger partial charge is 0.178 e. The van der Waals surface area contributed by atoms with Gasteiger partial charge in [0.1, 0.15) is 0 Å². The van der Waals surface area contributed by atoms with E-state index in [9.17, 15) is 0 Å². The fourth-order valence-electron chi connectivity index (χ4n) is 6.46. The first-order chi connectivity index (χ1) is 16.4. The van der Waals surface area contributed by atoms with E-state index in [1.807, 2.05) is 0 Å². The Morgan fingerprint density at radius 2 is 0.462 bits per heavy atom. The van der Waals surface area contributed by atoms with Crippen LogP contribution in [0.5, 0.6) is 0 Å². The van der Waals surface area contributed by atoms with Crippen molar-refractivity contribution in [2.75, 3.05) is 0 Å². The average molecular weight is 698 g/mol. The molecule has 12 heteroatoms. The molecule has 0 spiro atoms. The molecule has 0 amide bonds. The van der Waals surface area contributed by atoms with E-state index in [1.165, 1.54) is 0 Å². The predicted molar refractivity (Wildman–Crippen MR) is 202 cm³/mol. The first-order valence-electron chi connectivity index (χ1n) is 15.5. The molecular weight excluding hydrogens is 625 g/mol. The maximum atomic E-state index is 8.11. The second kappa shape index (κ2) is 10.2. The molecule has 0 N–H and O–H groups in total. The Balaban J connectivity index is 4.32. The van der Waals surface area contributed by atoms with Crippen LogP contribution >= 0.6 is 0 Å². The van der Waals surface area contributed by atoms with Crippen LogP contribution in [0.2, 0.25) is 113 Å². The van der Waals surface area contributed by atoms with Gasteiger partial charge < -0.3 is 12.3 Å². The van der Waals surface area contributed by atoms with Gasteiger partial charge in [0, 0.05) is 0 Å². The maximum Gasteiger partial charge on any atom is 0.178 e. The Morgan fingerprint density at radius 3 is 0.564 bits per heavy atom. The van der Waals surface area contributed by atoms with E-state index in [0.717, 1.165) is 0 Å². The molecular formula is C27H72O3Si9. The summed E-state index contributed by atoms with van der Waals surface area (Å²) in [4.78, 5) is 0. The molecule has 0 aliphatic carbocycles. The van der Waals surface area contributed by atoms with E-state index < -0.39 is 68.3 Å². The highest BCUT2D eigenvalue weighted by molar-refractivity contribution is 8.12. The van der Waals surface area contributed by atoms with Crippen LogP contribution in [-0.4, -0.2) is 68.3 Å². The van der Waals surface area contributed by atoms with Gasteiger partial charge in [-0.3, -0.25) is 0 Å². The van der Waals surface area contributed by atoms with Gasteiger partial charge in [0.2, 0.25) is 0 Å². The van der Waals surface area contributed by atoms with Crippen LogP contribution < -0.4 is 0 Å². The zero-order chi connectivity index (χ0) is 32.1. The van der Waals surface area contributed by atoms with Crippen molar-refractivity contribution in [1.29, 1.82) is 0 Å². The monoisotopic (exact) mass is 696 g/mol. The van der Waals surface area contributed by atoms with Gasteiger partial charge in [-0.1, -0.05) is 121 Å². The van der Waals surface area contributed by atoms with Crippen LogP contribution in [0, 0.1) is 0 Å². The summed E-state index contributed by atoms with van der Waals surface area (Å²) in [5.41, 5.74) is 0. The molecule has 1 saturated heterocycles. The molecule has 1 rings (SSSR count). The highest BCUT2D eigenvalue weighted by Gasteiger charge is 2.85. The van der Waals surface area contributed by atoms with Gasteiger partial charge in [-0.25, -0.2) is 0 Å². The summed E-state index contributed by atoms with van der Waals surface area (Å²) >= 11 is 0. The lowest BCUT2D eigenvalue weighted by Gasteiger charge is -2.74. The lowest BCUT2D eigenvalue weighted by atomic mass is 10.2. The number of hydrogen-bond acceptors (Lipinski definition) is 3. The highest BCUT2D eigenvalue weighted by atomic mass is 30.2. The summed E-state index contributed by atoms with van der Waals surface area (Å²) in [6.07, 6.45) is 0. The van der Waals surface area contributed by atoms with E-state index >= 15 is 0 Å². The normalized spacial score (nSPS) is 32.3. The van der Waals surface area contributed by atoms with Crippen LogP contribution in [0.15, 0.2) is 0 Å². The quantitative estimate of drug-likeness (QED) is 0.259. The summed E-state index contributed by atoms with van der Waals surface area (Å²) in [5, 5.41) is 0.622. The second-order valence-corrected chi connectivity index (χ2v) is 100. The predicted octanol–water partition coefficient (Wildman–Crippen LogP) is 10.4. The van der Waals surface area contributed by atoms with Crippen LogP contribution in [0.3, 0.4) is 0 Å². The standard InChI is InChI=1S/C27H72O3Si9/c1-25(2,3)31(10,11)28-37(22)34(16,17)38(23,29-32(12,13)26(4,5)6)36(20,21)39(24,35(37,18)19)30-33(14,15)27(7,8)9/h1-24H3. The molecule has 1 aliphatic rings. The van der Waals surface area contributed by atoms with Crippen molar-refractivity contribution in [3.63, 3.8) is 0 Å². The molecule has 1 fully saturated rings. The number of hydrogen-bond donors (Lipinski definition) is 0. The summed E-state index contributed by atoms with van der Waals surface area (Å²) in [5.74, 6) is 0. The van der Waals surface area contributed by atoms with Gasteiger partial charge in [0.25, 0.3) is 0 Å². The number of rotatable bonds is 6. The molecule has 1 aliphatic heterocycles. The van der Waals surface area contributed by atoms with Gasteiger partial charge in [0.05, 0.1) is 21.3 Å². The van der Waals surface area contributed by atoms with Gasteiger partial charge in [-0.15, -0.1) is 0 Å². The second-order valence-electron chi connectivity index (χ2n) is 19.6. The van der Waals surface area contributed by atoms with E-state index in [0.29, 0.717) is 0 Å². The van der Waals surface area contributed by atoms with Crippen LogP contribution in [0.25, 0.3) is 0 Å². The Labute approximate surface area is 254 Å². The largest absolute Gasteiger partial charge is 0.460 e. The third-order valence-corrected chi connectivity index (χ3v) is 172. The molecule has 0 saturated carbocycles. The Bertz CT molecular complexity index is 783. The molecule has 39 heavy (non-hydrogen) atoms. The molecule has 0 radical (unpaired) electrons. The molecule has 0 aromatic carbocycles. The average Bonchev–Trinajstić information content (AvgIpc) is 2.62. The summed E-state index contributed by atoms with van der Waals surface area (Å²) < 4.78 is 24.3. The molecule has 3 nitrogen and oxygen atoms in total. The summed E-state index contributed by atoms with van der Waals surface area (Å²) in [6, 6.07) is 0. The molecule has 234 valence electrons. The minimum atomic E-state index is -2.22. The zero-order valence-corrected chi connectivity index (χ0v) is 40.2. The summed E-state index contributed by atoms with van der Waals surface area (Å²) in [6.45, 7) is 62.1. The first kappa shape index (κ1) is 38.9. The Morgan fingerprint density at radius 1 is 0.333 bits per heavy atom. The van der Waals surface area contributed by atoms with E-state index in [1.54, 1.807) is 0 Å².